The molecule has 10 atom stereocenters. The Bertz CT molecular complexity index is 2350. The number of carbonyl (C=O) groups is 11. The summed E-state index contributed by atoms with van der Waals surface area (Å²) < 4.78 is 0. The maximum Gasteiger partial charge on any atom is 0.245 e. The quantitative estimate of drug-likeness (QED) is 0.277. The monoisotopic (exact) mass is 1110 g/mol. The van der Waals surface area contributed by atoms with E-state index in [2.05, 4.69) is 21.3 Å². The standard InChI is InChI=1S/C57H93N11O11/c1-32(2)27-41-55(77)64(15)39(12)54(76)66(17)44(29-34(5)6)50(72)59-37(10)53(75)67(18)47(35(7)8)57(79)62(13)31-46(69)63(14)38(11)48(70)60-42(28-33(3)4)56(78)68-26-22-25-43(68)49(71)58-36(9)52(74)65(16)45(51(73)61-41)30-40-23-20-19-21-24-40/h19-21,23-24,32-39,41-45,47H,22,25-31H2,1-18H3,(H,58,71)(H,59,72)(H,60,70)(H,61,73)/t36-,37-,38-,39-,41-,42-,43-,44-,45-,47-/m0/s1. The highest BCUT2D eigenvalue weighted by molar-refractivity contribution is 5.99. The fourth-order valence-corrected chi connectivity index (χ4v) is 10.2. The first-order chi connectivity index (χ1) is 36.7. The van der Waals surface area contributed by atoms with Crippen LogP contribution in [0.2, 0.25) is 0 Å². The zero-order chi connectivity index (χ0) is 60.1. The predicted molar refractivity (Wildman–Crippen MR) is 299 cm³/mol. The molecule has 1 aromatic carbocycles. The Morgan fingerprint density at radius 3 is 1.49 bits per heavy atom. The maximum atomic E-state index is 14.7. The summed E-state index contributed by atoms with van der Waals surface area (Å²) in [5.74, 6) is -7.58. The minimum absolute atomic E-state index is 0.0252. The van der Waals surface area contributed by atoms with Crippen LogP contribution in [-0.4, -0.2) is 215 Å². The Balaban J connectivity index is 2.16. The topological polar surface area (TPSA) is 259 Å². The summed E-state index contributed by atoms with van der Waals surface area (Å²) >= 11 is 0. The number of rotatable bonds is 9. The Hall–Kier alpha value is -6.61. The SMILES string of the molecule is CC(C)C[C@@H]1NC(=O)[C@H](Cc2ccccc2)N(C)C(=O)[C@H](C)NC(=O)[C@@H]2CCCN2C(=O)[C@H](CC(C)C)NC(=O)[C@H](C)N(C)C(=O)CN(C)C(=O)[C@H](C(C)C)N(C)C(=O)[C@H](C)NC(=O)[C@H](CC(C)C)N(C)C(=O)[C@H](C)N(C)C1=O. The molecule has 2 aliphatic rings. The average Bonchev–Trinajstić information content (AvgIpc) is 3.89. The Kier molecular flexibility index (Phi) is 24.9. The van der Waals surface area contributed by atoms with E-state index < -0.39 is 138 Å². The normalized spacial score (nSPS) is 27.6. The summed E-state index contributed by atoms with van der Waals surface area (Å²) in [6, 6.07) is -2.37. The van der Waals surface area contributed by atoms with Crippen LogP contribution in [0, 0.1) is 23.7 Å². The Morgan fingerprint density at radius 2 is 0.962 bits per heavy atom. The minimum Gasteiger partial charge on any atom is -0.343 e. The van der Waals surface area contributed by atoms with Crippen molar-refractivity contribution in [1.82, 2.24) is 55.6 Å². The highest BCUT2D eigenvalue weighted by Gasteiger charge is 2.43. The molecule has 2 fully saturated rings. The minimum atomic E-state index is -1.20. The molecule has 442 valence electrons. The van der Waals surface area contributed by atoms with Crippen LogP contribution < -0.4 is 21.3 Å². The second kappa shape index (κ2) is 29.6. The van der Waals surface area contributed by atoms with Gasteiger partial charge in [0.25, 0.3) is 0 Å². The van der Waals surface area contributed by atoms with Gasteiger partial charge in [0, 0.05) is 55.3 Å². The molecule has 0 saturated carbocycles. The molecule has 22 heteroatoms. The third kappa shape index (κ3) is 17.7. The summed E-state index contributed by atoms with van der Waals surface area (Å²) in [6.07, 6.45) is 1.27. The van der Waals surface area contributed by atoms with Crippen LogP contribution in [0.4, 0.5) is 0 Å². The van der Waals surface area contributed by atoms with Crippen LogP contribution in [0.5, 0.6) is 0 Å². The average molecular weight is 1110 g/mol. The van der Waals surface area contributed by atoms with Gasteiger partial charge >= 0.3 is 0 Å². The van der Waals surface area contributed by atoms with Gasteiger partial charge in [-0.15, -0.1) is 0 Å². The summed E-state index contributed by atoms with van der Waals surface area (Å²) in [6.45, 7) is 20.3. The first-order valence-electron chi connectivity index (χ1n) is 27.9. The fourth-order valence-electron chi connectivity index (χ4n) is 10.2. The molecular formula is C57H93N11O11. The zero-order valence-corrected chi connectivity index (χ0v) is 50.2. The second-order valence-corrected chi connectivity index (χ2v) is 23.4. The van der Waals surface area contributed by atoms with Gasteiger partial charge in [0.2, 0.25) is 65.0 Å². The molecule has 0 aliphatic carbocycles. The lowest BCUT2D eigenvalue weighted by Gasteiger charge is -2.37. The number of carbonyl (C=O) groups excluding carboxylic acids is 11. The van der Waals surface area contributed by atoms with Crippen molar-refractivity contribution < 1.29 is 52.7 Å². The van der Waals surface area contributed by atoms with E-state index in [-0.39, 0.29) is 56.4 Å². The van der Waals surface area contributed by atoms with Gasteiger partial charge in [0.1, 0.15) is 60.4 Å². The number of hydrogen-bond donors (Lipinski definition) is 4. The lowest BCUT2D eigenvalue weighted by atomic mass is 9.99. The van der Waals surface area contributed by atoms with Gasteiger partial charge in [-0.3, -0.25) is 52.7 Å². The van der Waals surface area contributed by atoms with E-state index in [9.17, 15) is 52.7 Å². The molecular weight excluding hydrogens is 1010 g/mol. The highest BCUT2D eigenvalue weighted by atomic mass is 16.2. The lowest BCUT2D eigenvalue weighted by molar-refractivity contribution is -0.151. The molecule has 0 radical (unpaired) electrons. The van der Waals surface area contributed by atoms with Crippen molar-refractivity contribution >= 4 is 65.0 Å². The Morgan fingerprint density at radius 1 is 0.481 bits per heavy atom. The first-order valence-corrected chi connectivity index (χ1v) is 27.9. The van der Waals surface area contributed by atoms with E-state index in [1.807, 2.05) is 41.5 Å². The van der Waals surface area contributed by atoms with Crippen molar-refractivity contribution in [3.8, 4) is 0 Å². The van der Waals surface area contributed by atoms with Crippen molar-refractivity contribution in [2.24, 2.45) is 23.7 Å². The van der Waals surface area contributed by atoms with Crippen molar-refractivity contribution in [3.05, 3.63) is 35.9 Å². The lowest BCUT2D eigenvalue weighted by Crippen LogP contribution is -2.60. The molecule has 0 bridgehead atoms. The third-order valence-corrected chi connectivity index (χ3v) is 15.2. The zero-order valence-electron chi connectivity index (χ0n) is 50.2. The number of nitrogens with zero attached hydrogens (tertiary/aromatic N) is 7. The first kappa shape index (κ1) is 66.7. The van der Waals surface area contributed by atoms with Crippen LogP contribution in [0.15, 0.2) is 30.3 Å². The number of nitrogens with one attached hydrogen (secondary N) is 4. The predicted octanol–water partition coefficient (Wildman–Crippen LogP) is 1.64. The summed E-state index contributed by atoms with van der Waals surface area (Å²) in [7, 11) is 8.53. The molecule has 3 rings (SSSR count). The van der Waals surface area contributed by atoms with Gasteiger partial charge in [-0.05, 0) is 89.0 Å². The molecule has 0 spiro atoms. The van der Waals surface area contributed by atoms with Crippen LogP contribution in [0.25, 0.3) is 0 Å². The maximum absolute atomic E-state index is 14.7. The smallest absolute Gasteiger partial charge is 0.245 e. The molecule has 0 aromatic heterocycles. The van der Waals surface area contributed by atoms with Gasteiger partial charge in [-0.25, -0.2) is 0 Å². The van der Waals surface area contributed by atoms with Crippen molar-refractivity contribution in [2.75, 3.05) is 55.4 Å². The number of amides is 11. The van der Waals surface area contributed by atoms with Crippen LogP contribution >= 0.6 is 0 Å². The largest absolute Gasteiger partial charge is 0.343 e. The molecule has 0 unspecified atom stereocenters. The number of likely N-dealkylation sites (N-methyl/N-ethyl adjacent to an activating group) is 6. The number of benzene rings is 1. The molecule has 79 heavy (non-hydrogen) atoms. The highest BCUT2D eigenvalue weighted by Crippen LogP contribution is 2.23. The molecule has 4 N–H and O–H groups in total. The van der Waals surface area contributed by atoms with Crippen LogP contribution in [0.3, 0.4) is 0 Å². The third-order valence-electron chi connectivity index (χ3n) is 15.2. The van der Waals surface area contributed by atoms with E-state index >= 15 is 0 Å². The van der Waals surface area contributed by atoms with E-state index in [0.29, 0.717) is 12.0 Å². The van der Waals surface area contributed by atoms with E-state index in [1.165, 1.54) is 94.5 Å². The van der Waals surface area contributed by atoms with E-state index in [1.54, 1.807) is 44.2 Å². The molecule has 2 aliphatic heterocycles. The summed E-state index contributed by atoms with van der Waals surface area (Å²) in [5.41, 5.74) is 0.702. The van der Waals surface area contributed by atoms with Gasteiger partial charge in [0.05, 0.1) is 6.54 Å². The van der Waals surface area contributed by atoms with Gasteiger partial charge < -0.3 is 55.6 Å². The molecule has 22 nitrogen and oxygen atoms in total. The molecule has 2 saturated heterocycles. The van der Waals surface area contributed by atoms with E-state index in [0.717, 1.165) is 9.80 Å². The molecule has 1 aromatic rings. The van der Waals surface area contributed by atoms with Crippen LogP contribution in [-0.2, 0) is 59.2 Å². The van der Waals surface area contributed by atoms with E-state index in [4.69, 9.17) is 0 Å². The van der Waals surface area contributed by atoms with Gasteiger partial charge in [0.15, 0.2) is 0 Å². The summed E-state index contributed by atoms with van der Waals surface area (Å²) in [5, 5.41) is 11.2. The second-order valence-electron chi connectivity index (χ2n) is 23.4. The van der Waals surface area contributed by atoms with Crippen molar-refractivity contribution in [3.63, 3.8) is 0 Å². The number of fused-ring (bicyclic) bond motifs is 1. The fraction of sp³-hybridized carbons (Fsp3) is 0.702. The van der Waals surface area contributed by atoms with Gasteiger partial charge in [-0.1, -0.05) is 85.7 Å². The molecule has 2 heterocycles. The summed E-state index contributed by atoms with van der Waals surface area (Å²) in [4.78, 5) is 166. The van der Waals surface area contributed by atoms with Crippen molar-refractivity contribution in [2.45, 2.75) is 182 Å². The number of hydrogen-bond acceptors (Lipinski definition) is 11. The van der Waals surface area contributed by atoms with Gasteiger partial charge in [-0.2, -0.15) is 0 Å². The Labute approximate surface area is 468 Å². The molecule has 11 amide bonds. The van der Waals surface area contributed by atoms with Crippen LogP contribution in [0.1, 0.15) is 121 Å². The van der Waals surface area contributed by atoms with Crippen molar-refractivity contribution in [1.29, 1.82) is 0 Å².